The van der Waals surface area contributed by atoms with Crippen LogP contribution in [0.15, 0.2) is 0 Å². The molecule has 0 aromatic rings. The summed E-state index contributed by atoms with van der Waals surface area (Å²) in [6.45, 7) is 26.6. The Hall–Kier alpha value is 1.02. The number of rotatable bonds is 0. The fourth-order valence-electron chi connectivity index (χ4n) is 0. The Labute approximate surface area is 168 Å². The SMILES string of the molecule is C.CC(C)(C)C(C)(C)N.CC(C)(C)CN.CCC(C)(C)C.[Y]. The molecule has 0 aliphatic heterocycles. The van der Waals surface area contributed by atoms with Gasteiger partial charge in [0.2, 0.25) is 0 Å². The van der Waals surface area contributed by atoms with Crippen molar-refractivity contribution >= 4 is 0 Å². The summed E-state index contributed by atoms with van der Waals surface area (Å²) in [6.07, 6.45) is 1.27. The minimum Gasteiger partial charge on any atom is -0.330 e. The van der Waals surface area contributed by atoms with Crippen molar-refractivity contribution in [3.63, 3.8) is 0 Å². The molecular formula is C19H48N2Y. The van der Waals surface area contributed by atoms with E-state index in [9.17, 15) is 0 Å². The first-order valence-corrected chi connectivity index (χ1v) is 7.86. The van der Waals surface area contributed by atoms with Crippen molar-refractivity contribution in [2.45, 2.75) is 102 Å². The van der Waals surface area contributed by atoms with Crippen molar-refractivity contribution < 1.29 is 32.7 Å². The molecule has 0 rings (SSSR count). The molecule has 0 amide bonds. The van der Waals surface area contributed by atoms with Crippen LogP contribution < -0.4 is 11.5 Å². The smallest absolute Gasteiger partial charge is 0.0146 e. The van der Waals surface area contributed by atoms with Gasteiger partial charge in [0, 0.05) is 38.2 Å². The molecule has 0 heterocycles. The van der Waals surface area contributed by atoms with Gasteiger partial charge in [-0.1, -0.05) is 83.1 Å². The van der Waals surface area contributed by atoms with Crippen LogP contribution in [-0.4, -0.2) is 12.1 Å². The standard InChI is InChI=1S/C7H17N.C6H14.C5H13N.CH4.Y/c1-6(2,3)7(4,5)8;1-5-6(2,3)4;1-5(2,3)4-6;;/h8H2,1-5H3;5H2,1-4H3;4,6H2,1-3H3;1H4;. The zero-order valence-corrected chi connectivity index (χ0v) is 20.0. The second kappa shape index (κ2) is 13.3. The van der Waals surface area contributed by atoms with Crippen LogP contribution in [0, 0.1) is 16.2 Å². The predicted molar refractivity (Wildman–Crippen MR) is 103 cm³/mol. The molecule has 2 nitrogen and oxygen atoms in total. The van der Waals surface area contributed by atoms with Gasteiger partial charge in [0.1, 0.15) is 0 Å². The molecule has 137 valence electrons. The van der Waals surface area contributed by atoms with E-state index in [4.69, 9.17) is 11.5 Å². The molecule has 0 aliphatic carbocycles. The van der Waals surface area contributed by atoms with Crippen LogP contribution in [0.4, 0.5) is 0 Å². The molecule has 0 saturated heterocycles. The second-order valence-corrected chi connectivity index (χ2v) is 9.65. The van der Waals surface area contributed by atoms with Crippen molar-refractivity contribution in [1.29, 1.82) is 0 Å². The van der Waals surface area contributed by atoms with Gasteiger partial charge in [-0.15, -0.1) is 0 Å². The van der Waals surface area contributed by atoms with E-state index in [1.807, 2.05) is 13.8 Å². The molecule has 0 fully saturated rings. The van der Waals surface area contributed by atoms with Gasteiger partial charge in [0.05, 0.1) is 0 Å². The van der Waals surface area contributed by atoms with E-state index in [-0.39, 0.29) is 51.1 Å². The Morgan fingerprint density at radius 3 is 0.818 bits per heavy atom. The fraction of sp³-hybridized carbons (Fsp3) is 1.00. The van der Waals surface area contributed by atoms with Crippen LogP contribution in [0.2, 0.25) is 0 Å². The number of nitrogens with two attached hydrogens (primary N) is 2. The summed E-state index contributed by atoms with van der Waals surface area (Å²) in [6, 6.07) is 0. The quantitative estimate of drug-likeness (QED) is 0.543. The van der Waals surface area contributed by atoms with Gasteiger partial charge in [-0.3, -0.25) is 0 Å². The maximum absolute atomic E-state index is 5.81. The Balaban J connectivity index is -0.0000000637. The fourth-order valence-corrected chi connectivity index (χ4v) is 0. The predicted octanol–water partition coefficient (Wildman–Crippen LogP) is 5.84. The van der Waals surface area contributed by atoms with E-state index in [0.29, 0.717) is 10.8 Å². The zero-order valence-electron chi connectivity index (χ0n) is 17.1. The van der Waals surface area contributed by atoms with Gasteiger partial charge < -0.3 is 11.5 Å². The van der Waals surface area contributed by atoms with Gasteiger partial charge in [-0.2, -0.15) is 0 Å². The molecule has 0 aliphatic rings. The van der Waals surface area contributed by atoms with Crippen LogP contribution in [0.3, 0.4) is 0 Å². The van der Waals surface area contributed by atoms with E-state index >= 15 is 0 Å². The van der Waals surface area contributed by atoms with Gasteiger partial charge in [-0.05, 0) is 36.6 Å². The summed E-state index contributed by atoms with van der Waals surface area (Å²) >= 11 is 0. The Morgan fingerprint density at radius 1 is 0.682 bits per heavy atom. The monoisotopic (exact) mass is 393 g/mol. The molecule has 0 unspecified atom stereocenters. The van der Waals surface area contributed by atoms with Crippen molar-refractivity contribution in [2.24, 2.45) is 27.7 Å². The summed E-state index contributed by atoms with van der Waals surface area (Å²) in [4.78, 5) is 0. The third kappa shape index (κ3) is 32.8. The Morgan fingerprint density at radius 2 is 0.818 bits per heavy atom. The van der Waals surface area contributed by atoms with Gasteiger partial charge in [0.15, 0.2) is 0 Å². The first kappa shape index (κ1) is 34.4. The second-order valence-electron chi connectivity index (χ2n) is 9.65. The average molecular weight is 394 g/mol. The Kier molecular flexibility index (Phi) is 20.8. The van der Waals surface area contributed by atoms with Gasteiger partial charge in [-0.25, -0.2) is 0 Å². The van der Waals surface area contributed by atoms with Crippen molar-refractivity contribution in [1.82, 2.24) is 0 Å². The maximum atomic E-state index is 5.81. The molecule has 0 bridgehead atoms. The van der Waals surface area contributed by atoms with Crippen LogP contribution in [0.1, 0.15) is 96.9 Å². The maximum Gasteiger partial charge on any atom is 0.0146 e. The summed E-state index contributed by atoms with van der Waals surface area (Å²) in [5, 5.41) is 0. The summed E-state index contributed by atoms with van der Waals surface area (Å²) in [7, 11) is 0. The van der Waals surface area contributed by atoms with Crippen molar-refractivity contribution in [3.05, 3.63) is 0 Å². The summed E-state index contributed by atoms with van der Waals surface area (Å²) in [5.74, 6) is 0. The molecule has 4 N–H and O–H groups in total. The molecule has 0 aromatic heterocycles. The van der Waals surface area contributed by atoms with E-state index in [1.165, 1.54) is 6.42 Å². The normalized spacial score (nSPS) is 11.7. The third-order valence-electron chi connectivity index (χ3n) is 3.61. The van der Waals surface area contributed by atoms with Crippen molar-refractivity contribution in [2.75, 3.05) is 6.54 Å². The molecular weight excluding hydrogens is 345 g/mol. The number of hydrogen-bond acceptors (Lipinski definition) is 2. The van der Waals surface area contributed by atoms with Crippen LogP contribution in [0.25, 0.3) is 0 Å². The third-order valence-corrected chi connectivity index (χ3v) is 3.61. The number of hydrogen-bond donors (Lipinski definition) is 2. The largest absolute Gasteiger partial charge is 0.330 e. The summed E-state index contributed by atoms with van der Waals surface area (Å²) < 4.78 is 0. The van der Waals surface area contributed by atoms with E-state index < -0.39 is 0 Å². The molecule has 3 heteroatoms. The van der Waals surface area contributed by atoms with Gasteiger partial charge in [0.25, 0.3) is 0 Å². The minimum atomic E-state index is -0.0625. The average Bonchev–Trinajstić information content (AvgIpc) is 2.14. The minimum absolute atomic E-state index is 0. The topological polar surface area (TPSA) is 52.0 Å². The van der Waals surface area contributed by atoms with Crippen LogP contribution in [-0.2, 0) is 32.7 Å². The first-order valence-electron chi connectivity index (χ1n) is 7.86. The van der Waals surface area contributed by atoms with E-state index in [2.05, 4.69) is 69.2 Å². The van der Waals surface area contributed by atoms with E-state index in [1.54, 1.807) is 0 Å². The summed E-state index contributed by atoms with van der Waals surface area (Å²) in [5.41, 5.74) is 12.1. The molecule has 1 radical (unpaired) electrons. The molecule has 0 spiro atoms. The molecule has 0 atom stereocenters. The first-order chi connectivity index (χ1) is 8.37. The van der Waals surface area contributed by atoms with Crippen LogP contribution in [0.5, 0.6) is 0 Å². The van der Waals surface area contributed by atoms with E-state index in [0.717, 1.165) is 6.54 Å². The molecule has 0 saturated carbocycles. The van der Waals surface area contributed by atoms with Gasteiger partial charge >= 0.3 is 0 Å². The molecule has 0 aromatic carbocycles. The Bertz CT molecular complexity index is 196. The van der Waals surface area contributed by atoms with Crippen molar-refractivity contribution in [3.8, 4) is 0 Å². The molecule has 22 heavy (non-hydrogen) atoms. The zero-order chi connectivity index (χ0) is 17.4. The van der Waals surface area contributed by atoms with Crippen LogP contribution >= 0.6 is 0 Å².